The minimum absolute atomic E-state index is 0.225. The zero-order valence-electron chi connectivity index (χ0n) is 12.2. The molecule has 22 heavy (non-hydrogen) atoms. The van der Waals surface area contributed by atoms with Gasteiger partial charge in [0.25, 0.3) is 0 Å². The molecule has 5 nitrogen and oxygen atoms in total. The lowest BCUT2D eigenvalue weighted by molar-refractivity contribution is 0.161. The number of rotatable bonds is 3. The Bertz CT molecular complexity index is 637. The lowest BCUT2D eigenvalue weighted by Gasteiger charge is -2.21. The van der Waals surface area contributed by atoms with Crippen LogP contribution in [-0.4, -0.2) is 34.3 Å². The van der Waals surface area contributed by atoms with Gasteiger partial charge >= 0.3 is 0 Å². The summed E-state index contributed by atoms with van der Waals surface area (Å²) in [5.74, 6) is 1.16. The van der Waals surface area contributed by atoms with Crippen LogP contribution in [0, 0.1) is 5.82 Å². The van der Waals surface area contributed by atoms with Gasteiger partial charge in [0.2, 0.25) is 0 Å². The molecule has 1 fully saturated rings. The fraction of sp³-hybridized carbons (Fsp3) is 0.375. The number of hydrogen-bond donors (Lipinski definition) is 2. The van der Waals surface area contributed by atoms with Crippen molar-refractivity contribution >= 4 is 17.3 Å². The highest BCUT2D eigenvalue weighted by Gasteiger charge is 2.16. The van der Waals surface area contributed by atoms with E-state index in [2.05, 4.69) is 20.2 Å². The Morgan fingerprint density at radius 2 is 2.09 bits per heavy atom. The van der Waals surface area contributed by atoms with Crippen LogP contribution in [0.4, 0.5) is 21.7 Å². The molecule has 0 radical (unpaired) electrons. The van der Waals surface area contributed by atoms with Crippen LogP contribution in [0.3, 0.4) is 0 Å². The van der Waals surface area contributed by atoms with Crippen molar-refractivity contribution < 1.29 is 9.50 Å². The normalized spacial score (nSPS) is 18.8. The quantitative estimate of drug-likeness (QED) is 0.913. The van der Waals surface area contributed by atoms with E-state index in [-0.39, 0.29) is 11.9 Å². The van der Waals surface area contributed by atoms with Crippen molar-refractivity contribution in [1.29, 1.82) is 0 Å². The molecule has 2 heterocycles. The molecule has 1 aliphatic heterocycles. The summed E-state index contributed by atoms with van der Waals surface area (Å²) in [6.45, 7) is 1.64. The number of hydrogen-bond acceptors (Lipinski definition) is 5. The first kappa shape index (κ1) is 14.7. The molecule has 116 valence electrons. The molecule has 0 amide bonds. The predicted octanol–water partition coefficient (Wildman–Crippen LogP) is 2.71. The van der Waals surface area contributed by atoms with Gasteiger partial charge in [-0.25, -0.2) is 14.4 Å². The van der Waals surface area contributed by atoms with Crippen molar-refractivity contribution in [3.05, 3.63) is 42.5 Å². The third-order valence-corrected chi connectivity index (χ3v) is 3.77. The second-order valence-electron chi connectivity index (χ2n) is 5.47. The zero-order chi connectivity index (χ0) is 15.4. The fourth-order valence-electron chi connectivity index (χ4n) is 2.61. The van der Waals surface area contributed by atoms with E-state index in [0.29, 0.717) is 11.5 Å². The molecule has 1 atom stereocenters. The molecule has 1 aliphatic rings. The molecular formula is C16H19FN4O. The summed E-state index contributed by atoms with van der Waals surface area (Å²) in [6.07, 6.45) is 3.79. The molecule has 2 N–H and O–H groups in total. The summed E-state index contributed by atoms with van der Waals surface area (Å²) in [5.41, 5.74) is 0.649. The van der Waals surface area contributed by atoms with Crippen LogP contribution in [0.1, 0.15) is 19.3 Å². The van der Waals surface area contributed by atoms with Gasteiger partial charge in [0, 0.05) is 24.8 Å². The zero-order valence-corrected chi connectivity index (χ0v) is 12.2. The average Bonchev–Trinajstić information content (AvgIpc) is 2.72. The standard InChI is InChI=1S/C16H19FN4O/c17-12-3-1-4-13(9-12)20-15-10-16(19-11-18-15)21-7-2-5-14(22)6-8-21/h1,3-4,9-11,14,22H,2,5-8H2,(H,18,19,20). The van der Waals surface area contributed by atoms with Gasteiger partial charge < -0.3 is 15.3 Å². The number of aliphatic hydroxyl groups is 1. The van der Waals surface area contributed by atoms with E-state index >= 15 is 0 Å². The highest BCUT2D eigenvalue weighted by atomic mass is 19.1. The number of nitrogens with zero attached hydrogens (tertiary/aromatic N) is 3. The van der Waals surface area contributed by atoms with E-state index in [1.54, 1.807) is 12.1 Å². The largest absolute Gasteiger partial charge is 0.393 e. The average molecular weight is 302 g/mol. The monoisotopic (exact) mass is 302 g/mol. The van der Waals surface area contributed by atoms with Gasteiger partial charge in [-0.1, -0.05) is 6.07 Å². The van der Waals surface area contributed by atoms with Crippen molar-refractivity contribution in [2.24, 2.45) is 0 Å². The number of aromatic nitrogens is 2. The molecule has 0 bridgehead atoms. The van der Waals surface area contributed by atoms with Crippen LogP contribution in [-0.2, 0) is 0 Å². The number of benzene rings is 1. The first-order valence-electron chi connectivity index (χ1n) is 7.48. The van der Waals surface area contributed by atoms with E-state index in [4.69, 9.17) is 0 Å². The van der Waals surface area contributed by atoms with Crippen LogP contribution in [0.25, 0.3) is 0 Å². The SMILES string of the molecule is OC1CCCN(c2cc(Nc3cccc(F)c3)ncn2)CC1. The number of anilines is 3. The van der Waals surface area contributed by atoms with Crippen molar-refractivity contribution in [2.75, 3.05) is 23.3 Å². The predicted molar refractivity (Wildman–Crippen MR) is 83.8 cm³/mol. The van der Waals surface area contributed by atoms with Crippen LogP contribution in [0.15, 0.2) is 36.7 Å². The molecule has 1 aromatic heterocycles. The second kappa shape index (κ2) is 6.70. The maximum Gasteiger partial charge on any atom is 0.135 e. The Balaban J connectivity index is 1.74. The van der Waals surface area contributed by atoms with Crippen LogP contribution in [0.5, 0.6) is 0 Å². The Kier molecular flexibility index (Phi) is 4.48. The van der Waals surface area contributed by atoms with Gasteiger partial charge in [0.15, 0.2) is 0 Å². The number of nitrogens with one attached hydrogen (secondary N) is 1. The number of aliphatic hydroxyl groups excluding tert-OH is 1. The fourth-order valence-corrected chi connectivity index (χ4v) is 2.61. The third kappa shape index (κ3) is 3.71. The smallest absolute Gasteiger partial charge is 0.135 e. The maximum absolute atomic E-state index is 13.2. The summed E-state index contributed by atoms with van der Waals surface area (Å²) in [6, 6.07) is 8.11. The van der Waals surface area contributed by atoms with E-state index in [1.807, 2.05) is 6.07 Å². The van der Waals surface area contributed by atoms with Gasteiger partial charge in [0.05, 0.1) is 6.10 Å². The van der Waals surface area contributed by atoms with Crippen molar-refractivity contribution in [2.45, 2.75) is 25.4 Å². The summed E-state index contributed by atoms with van der Waals surface area (Å²) in [5, 5.41) is 12.8. The molecule has 6 heteroatoms. The van der Waals surface area contributed by atoms with Crippen LogP contribution >= 0.6 is 0 Å². The number of halogens is 1. The van der Waals surface area contributed by atoms with Crippen molar-refractivity contribution in [1.82, 2.24) is 9.97 Å². The van der Waals surface area contributed by atoms with Crippen molar-refractivity contribution in [3.8, 4) is 0 Å². The van der Waals surface area contributed by atoms with Gasteiger partial charge in [-0.05, 0) is 37.5 Å². The Morgan fingerprint density at radius 3 is 2.95 bits per heavy atom. The highest BCUT2D eigenvalue weighted by Crippen LogP contribution is 2.21. The minimum Gasteiger partial charge on any atom is -0.393 e. The topological polar surface area (TPSA) is 61.3 Å². The second-order valence-corrected chi connectivity index (χ2v) is 5.47. The van der Waals surface area contributed by atoms with Crippen molar-refractivity contribution in [3.63, 3.8) is 0 Å². The first-order valence-corrected chi connectivity index (χ1v) is 7.48. The molecule has 0 spiro atoms. The van der Waals surface area contributed by atoms with Crippen LogP contribution < -0.4 is 10.2 Å². The lowest BCUT2D eigenvalue weighted by atomic mass is 10.2. The maximum atomic E-state index is 13.2. The summed E-state index contributed by atoms with van der Waals surface area (Å²) in [7, 11) is 0. The lowest BCUT2D eigenvalue weighted by Crippen LogP contribution is -2.25. The molecular weight excluding hydrogens is 283 g/mol. The van der Waals surface area contributed by atoms with Gasteiger partial charge in [0.1, 0.15) is 23.8 Å². The van der Waals surface area contributed by atoms with Gasteiger partial charge in [-0.2, -0.15) is 0 Å². The molecule has 0 aliphatic carbocycles. The molecule has 0 saturated carbocycles. The van der Waals surface area contributed by atoms with Gasteiger partial charge in [-0.3, -0.25) is 0 Å². The van der Waals surface area contributed by atoms with Gasteiger partial charge in [-0.15, -0.1) is 0 Å². The summed E-state index contributed by atoms with van der Waals surface area (Å²) < 4.78 is 13.2. The highest BCUT2D eigenvalue weighted by molar-refractivity contribution is 5.59. The van der Waals surface area contributed by atoms with E-state index in [1.165, 1.54) is 18.5 Å². The summed E-state index contributed by atoms with van der Waals surface area (Å²) >= 11 is 0. The molecule has 2 aromatic rings. The Morgan fingerprint density at radius 1 is 1.18 bits per heavy atom. The van der Waals surface area contributed by atoms with E-state index < -0.39 is 0 Å². The first-order chi connectivity index (χ1) is 10.7. The Hall–Kier alpha value is -2.21. The third-order valence-electron chi connectivity index (χ3n) is 3.77. The van der Waals surface area contributed by atoms with E-state index in [0.717, 1.165) is 38.2 Å². The van der Waals surface area contributed by atoms with E-state index in [9.17, 15) is 9.50 Å². The summed E-state index contributed by atoms with van der Waals surface area (Å²) in [4.78, 5) is 10.6. The molecule has 1 unspecified atom stereocenters. The molecule has 1 aromatic carbocycles. The molecule has 3 rings (SSSR count). The Labute approximate surface area is 128 Å². The van der Waals surface area contributed by atoms with Crippen LogP contribution in [0.2, 0.25) is 0 Å². The molecule has 1 saturated heterocycles. The minimum atomic E-state index is -0.291.